The molecular formula is C24H27N3O3. The maximum Gasteiger partial charge on any atom is 0.261 e. The summed E-state index contributed by atoms with van der Waals surface area (Å²) in [4.78, 5) is 40.5. The van der Waals surface area contributed by atoms with E-state index >= 15 is 0 Å². The van der Waals surface area contributed by atoms with Crippen molar-refractivity contribution in [3.05, 3.63) is 70.3 Å². The molecule has 156 valence electrons. The van der Waals surface area contributed by atoms with E-state index in [-0.39, 0.29) is 23.3 Å². The fraction of sp³-hybridized carbons (Fsp3) is 0.375. The summed E-state index contributed by atoms with van der Waals surface area (Å²) in [6.45, 7) is 4.69. The number of piperidine rings is 1. The van der Waals surface area contributed by atoms with Crippen LogP contribution in [0.1, 0.15) is 68.4 Å². The number of hydrogen-bond acceptors (Lipinski definition) is 4. The van der Waals surface area contributed by atoms with Crippen LogP contribution in [0.2, 0.25) is 0 Å². The molecule has 0 aliphatic carbocycles. The van der Waals surface area contributed by atoms with Crippen LogP contribution in [0.15, 0.2) is 42.5 Å². The van der Waals surface area contributed by atoms with E-state index in [1.165, 1.54) is 37.9 Å². The molecule has 6 heteroatoms. The average Bonchev–Trinajstić information content (AvgIpc) is 2.98. The second-order valence-corrected chi connectivity index (χ2v) is 8.20. The van der Waals surface area contributed by atoms with Gasteiger partial charge in [0.15, 0.2) is 0 Å². The molecule has 0 aromatic heterocycles. The van der Waals surface area contributed by atoms with Gasteiger partial charge in [-0.05, 0) is 55.6 Å². The van der Waals surface area contributed by atoms with Gasteiger partial charge in [-0.1, -0.05) is 30.7 Å². The van der Waals surface area contributed by atoms with Crippen LogP contribution in [0.5, 0.6) is 0 Å². The van der Waals surface area contributed by atoms with Crippen LogP contribution in [-0.2, 0) is 13.1 Å². The van der Waals surface area contributed by atoms with Gasteiger partial charge in [0.1, 0.15) is 0 Å². The molecule has 6 nitrogen and oxygen atoms in total. The molecule has 0 spiro atoms. The Balaban J connectivity index is 1.45. The molecular weight excluding hydrogens is 378 g/mol. The standard InChI is InChI=1S/C24H27N3O3/c1-16-7-5-6-12-27(16)15-19-9-4-3-8-18(19)14-25-22(28)17-10-11-20-21(13-17)24(30)26(2)23(20)29/h3-4,8-11,13,16H,5-7,12,14-15H2,1-2H3,(H,25,28). The number of nitrogens with one attached hydrogen (secondary N) is 1. The summed E-state index contributed by atoms with van der Waals surface area (Å²) in [6, 6.07) is 13.4. The molecule has 0 radical (unpaired) electrons. The van der Waals surface area contributed by atoms with Crippen LogP contribution in [0.25, 0.3) is 0 Å². The zero-order chi connectivity index (χ0) is 21.3. The molecule has 2 aromatic rings. The van der Waals surface area contributed by atoms with Gasteiger partial charge in [-0.2, -0.15) is 0 Å². The number of carbonyl (C=O) groups is 3. The van der Waals surface area contributed by atoms with Crippen molar-refractivity contribution in [1.82, 2.24) is 15.1 Å². The Bertz CT molecular complexity index is 1000. The Hall–Kier alpha value is -2.99. The van der Waals surface area contributed by atoms with Gasteiger partial charge in [0.05, 0.1) is 11.1 Å². The van der Waals surface area contributed by atoms with Crippen LogP contribution >= 0.6 is 0 Å². The van der Waals surface area contributed by atoms with E-state index in [2.05, 4.69) is 23.2 Å². The number of imide groups is 1. The van der Waals surface area contributed by atoms with Crippen molar-refractivity contribution in [2.45, 2.75) is 45.3 Å². The first-order chi connectivity index (χ1) is 14.5. The third-order valence-corrected chi connectivity index (χ3v) is 6.22. The summed E-state index contributed by atoms with van der Waals surface area (Å²) in [5, 5.41) is 2.97. The van der Waals surface area contributed by atoms with Crippen molar-refractivity contribution >= 4 is 17.7 Å². The smallest absolute Gasteiger partial charge is 0.261 e. The minimum Gasteiger partial charge on any atom is -0.348 e. The second-order valence-electron chi connectivity index (χ2n) is 8.20. The fourth-order valence-corrected chi connectivity index (χ4v) is 4.28. The maximum absolute atomic E-state index is 12.7. The zero-order valence-corrected chi connectivity index (χ0v) is 17.5. The molecule has 1 saturated heterocycles. The lowest BCUT2D eigenvalue weighted by Gasteiger charge is -2.33. The van der Waals surface area contributed by atoms with Crippen molar-refractivity contribution in [2.75, 3.05) is 13.6 Å². The molecule has 2 heterocycles. The fourth-order valence-electron chi connectivity index (χ4n) is 4.28. The Morgan fingerprint density at radius 3 is 2.53 bits per heavy atom. The van der Waals surface area contributed by atoms with Gasteiger partial charge in [0, 0.05) is 31.7 Å². The van der Waals surface area contributed by atoms with E-state index in [1.807, 2.05) is 18.2 Å². The number of carbonyl (C=O) groups excluding carboxylic acids is 3. The Morgan fingerprint density at radius 2 is 1.77 bits per heavy atom. The molecule has 1 fully saturated rings. The number of amides is 3. The molecule has 1 N–H and O–H groups in total. The van der Waals surface area contributed by atoms with E-state index in [4.69, 9.17) is 0 Å². The number of fused-ring (bicyclic) bond motifs is 1. The van der Waals surface area contributed by atoms with Gasteiger partial charge >= 0.3 is 0 Å². The zero-order valence-electron chi connectivity index (χ0n) is 17.5. The van der Waals surface area contributed by atoms with Crippen LogP contribution in [0, 0.1) is 0 Å². The maximum atomic E-state index is 12.7. The Labute approximate surface area is 176 Å². The first-order valence-corrected chi connectivity index (χ1v) is 10.5. The van der Waals surface area contributed by atoms with Gasteiger partial charge in [-0.25, -0.2) is 0 Å². The minimum absolute atomic E-state index is 0.256. The third-order valence-electron chi connectivity index (χ3n) is 6.22. The Kier molecular flexibility index (Phi) is 5.68. The lowest BCUT2D eigenvalue weighted by Crippen LogP contribution is -2.37. The van der Waals surface area contributed by atoms with Crippen LogP contribution < -0.4 is 5.32 Å². The average molecular weight is 405 g/mol. The molecule has 1 atom stereocenters. The first-order valence-electron chi connectivity index (χ1n) is 10.5. The highest BCUT2D eigenvalue weighted by atomic mass is 16.2. The predicted molar refractivity (Wildman–Crippen MR) is 114 cm³/mol. The molecule has 30 heavy (non-hydrogen) atoms. The van der Waals surface area contributed by atoms with Crippen molar-refractivity contribution < 1.29 is 14.4 Å². The monoisotopic (exact) mass is 405 g/mol. The first kappa shape index (κ1) is 20.3. The molecule has 2 aromatic carbocycles. The molecule has 1 unspecified atom stereocenters. The lowest BCUT2D eigenvalue weighted by molar-refractivity contribution is 0.0693. The highest BCUT2D eigenvalue weighted by Crippen LogP contribution is 2.23. The SMILES string of the molecule is CC1CCCCN1Cc1ccccc1CNC(=O)c1ccc2c(c1)C(=O)N(C)C2=O. The summed E-state index contributed by atoms with van der Waals surface area (Å²) >= 11 is 0. The molecule has 4 rings (SSSR count). The lowest BCUT2D eigenvalue weighted by atomic mass is 10.0. The normalized spacial score (nSPS) is 19.1. The number of nitrogens with zero attached hydrogens (tertiary/aromatic N) is 2. The summed E-state index contributed by atoms with van der Waals surface area (Å²) in [5.74, 6) is -0.956. The topological polar surface area (TPSA) is 69.7 Å². The molecule has 2 aliphatic rings. The summed E-state index contributed by atoms with van der Waals surface area (Å²) in [6.07, 6.45) is 3.76. The van der Waals surface area contributed by atoms with Gasteiger partial charge in [-0.15, -0.1) is 0 Å². The van der Waals surface area contributed by atoms with E-state index < -0.39 is 0 Å². The second kappa shape index (κ2) is 8.40. The quantitative estimate of drug-likeness (QED) is 0.776. The van der Waals surface area contributed by atoms with Crippen molar-refractivity contribution in [2.24, 2.45) is 0 Å². The van der Waals surface area contributed by atoms with Crippen molar-refractivity contribution in [3.63, 3.8) is 0 Å². The van der Waals surface area contributed by atoms with Gasteiger partial charge in [0.2, 0.25) is 0 Å². The van der Waals surface area contributed by atoms with Crippen LogP contribution in [0.3, 0.4) is 0 Å². The van der Waals surface area contributed by atoms with Crippen LogP contribution in [0.4, 0.5) is 0 Å². The highest BCUT2D eigenvalue weighted by Gasteiger charge is 2.33. The number of hydrogen-bond donors (Lipinski definition) is 1. The van der Waals surface area contributed by atoms with Crippen LogP contribution in [-0.4, -0.2) is 47.2 Å². The van der Waals surface area contributed by atoms with E-state index in [1.54, 1.807) is 12.1 Å². The molecule has 0 bridgehead atoms. The molecule has 3 amide bonds. The third kappa shape index (κ3) is 3.87. The van der Waals surface area contributed by atoms with Gasteiger partial charge in [0.25, 0.3) is 17.7 Å². The van der Waals surface area contributed by atoms with E-state index in [0.717, 1.165) is 23.6 Å². The van der Waals surface area contributed by atoms with E-state index in [9.17, 15) is 14.4 Å². The van der Waals surface area contributed by atoms with Gasteiger partial charge < -0.3 is 5.32 Å². The minimum atomic E-state index is -0.370. The summed E-state index contributed by atoms with van der Waals surface area (Å²) < 4.78 is 0. The van der Waals surface area contributed by atoms with E-state index in [0.29, 0.717) is 23.7 Å². The molecule has 2 aliphatic heterocycles. The predicted octanol–water partition coefficient (Wildman–Crippen LogP) is 3.22. The molecule has 0 saturated carbocycles. The largest absolute Gasteiger partial charge is 0.348 e. The highest BCUT2D eigenvalue weighted by molar-refractivity contribution is 6.21. The Morgan fingerprint density at radius 1 is 1.03 bits per heavy atom. The number of rotatable bonds is 5. The summed E-state index contributed by atoms with van der Waals surface area (Å²) in [7, 11) is 1.45. The van der Waals surface area contributed by atoms with Crippen molar-refractivity contribution in [3.8, 4) is 0 Å². The van der Waals surface area contributed by atoms with Crippen molar-refractivity contribution in [1.29, 1.82) is 0 Å². The summed E-state index contributed by atoms with van der Waals surface area (Å²) in [5.41, 5.74) is 3.33. The number of likely N-dealkylation sites (tertiary alicyclic amines) is 1. The number of benzene rings is 2. The van der Waals surface area contributed by atoms with Gasteiger partial charge in [-0.3, -0.25) is 24.2 Å².